The van der Waals surface area contributed by atoms with Gasteiger partial charge in [0, 0.05) is 61.2 Å². The van der Waals surface area contributed by atoms with E-state index in [-0.39, 0.29) is 0 Å². The fraction of sp³-hybridized carbons (Fsp3) is 0.280. The number of hydrogen-bond acceptors (Lipinski definition) is 10. The lowest BCUT2D eigenvalue weighted by Crippen LogP contribution is -2.39. The number of nitrogens with one attached hydrogen (secondary N) is 1. The van der Waals surface area contributed by atoms with Crippen molar-refractivity contribution in [1.29, 1.82) is 0 Å². The highest BCUT2D eigenvalue weighted by Crippen LogP contribution is 2.31. The van der Waals surface area contributed by atoms with Gasteiger partial charge in [-0.3, -0.25) is 0 Å². The predicted octanol–water partition coefficient (Wildman–Crippen LogP) is 2.87. The summed E-state index contributed by atoms with van der Waals surface area (Å²) in [5, 5.41) is 3.21. The van der Waals surface area contributed by atoms with Crippen molar-refractivity contribution in [3.8, 4) is 11.4 Å². The highest BCUT2D eigenvalue weighted by Gasteiger charge is 2.27. The van der Waals surface area contributed by atoms with E-state index in [0.717, 1.165) is 54.8 Å². The molecule has 1 N–H and O–H groups in total. The van der Waals surface area contributed by atoms with Gasteiger partial charge in [0.2, 0.25) is 11.9 Å². The molecule has 5 heterocycles. The van der Waals surface area contributed by atoms with E-state index >= 15 is 0 Å². The molecule has 1 saturated heterocycles. The van der Waals surface area contributed by atoms with Gasteiger partial charge in [-0.15, -0.1) is 0 Å². The average molecular weight is 468 g/mol. The van der Waals surface area contributed by atoms with Crippen LogP contribution in [0.5, 0.6) is 0 Å². The zero-order chi connectivity index (χ0) is 23.5. The van der Waals surface area contributed by atoms with Gasteiger partial charge in [0.1, 0.15) is 5.82 Å². The summed E-state index contributed by atoms with van der Waals surface area (Å²) in [6.07, 6.45) is 7.82. The van der Waals surface area contributed by atoms with Gasteiger partial charge >= 0.3 is 0 Å². The van der Waals surface area contributed by atoms with Gasteiger partial charge in [0.05, 0.1) is 25.5 Å². The van der Waals surface area contributed by atoms with E-state index in [2.05, 4.69) is 35.1 Å². The number of rotatable bonds is 5. The molecular weight excluding hydrogens is 442 g/mol. The van der Waals surface area contributed by atoms with Gasteiger partial charge in [-0.05, 0) is 42.8 Å². The zero-order valence-corrected chi connectivity index (χ0v) is 19.2. The first-order valence-corrected chi connectivity index (χ1v) is 11.7. The Balaban J connectivity index is 1.33. The maximum atomic E-state index is 5.59. The maximum Gasteiger partial charge on any atom is 0.227 e. The molecular formula is C25H25N9O. The quantitative estimate of drug-likeness (QED) is 0.471. The second-order valence-electron chi connectivity index (χ2n) is 8.39. The third kappa shape index (κ3) is 4.60. The van der Waals surface area contributed by atoms with E-state index in [1.54, 1.807) is 30.9 Å². The number of ether oxygens (including phenoxy) is 1. The van der Waals surface area contributed by atoms with Crippen molar-refractivity contribution >= 4 is 23.4 Å². The minimum Gasteiger partial charge on any atom is -0.378 e. The summed E-state index contributed by atoms with van der Waals surface area (Å²) in [7, 11) is 0. The molecule has 0 amide bonds. The average Bonchev–Trinajstić information content (AvgIpc) is 2.94. The third-order valence-corrected chi connectivity index (χ3v) is 6.15. The molecule has 2 aliphatic rings. The lowest BCUT2D eigenvalue weighted by atomic mass is 10.0. The number of benzene rings is 1. The van der Waals surface area contributed by atoms with Crippen molar-refractivity contribution < 1.29 is 4.74 Å². The van der Waals surface area contributed by atoms with E-state index in [0.29, 0.717) is 31.5 Å². The molecule has 0 spiro atoms. The number of hydrogen-bond donors (Lipinski definition) is 1. The van der Waals surface area contributed by atoms with Crippen molar-refractivity contribution in [1.82, 2.24) is 29.9 Å². The summed E-state index contributed by atoms with van der Waals surface area (Å²) in [4.78, 5) is 31.9. The molecule has 0 aliphatic carbocycles. The predicted molar refractivity (Wildman–Crippen MR) is 133 cm³/mol. The summed E-state index contributed by atoms with van der Waals surface area (Å²) in [6, 6.07) is 11.7. The van der Waals surface area contributed by atoms with Gasteiger partial charge in [0.15, 0.2) is 5.82 Å². The number of nitrogens with zero attached hydrogens (tertiary/aromatic N) is 8. The molecule has 0 bridgehead atoms. The molecule has 6 rings (SSSR count). The number of fused-ring (bicyclic) bond motifs is 1. The molecule has 10 heteroatoms. The molecule has 0 unspecified atom stereocenters. The molecule has 1 fully saturated rings. The molecule has 176 valence electrons. The summed E-state index contributed by atoms with van der Waals surface area (Å²) in [6.45, 7) is 4.55. The van der Waals surface area contributed by atoms with Gasteiger partial charge in [0.25, 0.3) is 0 Å². The van der Waals surface area contributed by atoms with Crippen LogP contribution in [0.2, 0.25) is 0 Å². The van der Waals surface area contributed by atoms with Crippen LogP contribution in [0.3, 0.4) is 0 Å². The highest BCUT2D eigenvalue weighted by atomic mass is 16.5. The fourth-order valence-electron chi connectivity index (χ4n) is 4.40. The molecule has 3 aromatic heterocycles. The van der Waals surface area contributed by atoms with E-state index in [9.17, 15) is 0 Å². The van der Waals surface area contributed by atoms with Crippen LogP contribution in [0.15, 0.2) is 61.2 Å². The molecule has 0 atom stereocenters. The molecule has 0 saturated carbocycles. The Labute approximate surface area is 203 Å². The lowest BCUT2D eigenvalue weighted by Gasteiger charge is -2.34. The van der Waals surface area contributed by atoms with Crippen LogP contribution in [0.4, 0.5) is 23.4 Å². The van der Waals surface area contributed by atoms with Crippen LogP contribution in [-0.4, -0.2) is 62.8 Å². The van der Waals surface area contributed by atoms with E-state index in [1.807, 2.05) is 30.3 Å². The van der Waals surface area contributed by atoms with Crippen molar-refractivity contribution in [2.75, 3.05) is 48.0 Å². The number of aromatic nitrogens is 6. The monoisotopic (exact) mass is 467 g/mol. The summed E-state index contributed by atoms with van der Waals surface area (Å²) >= 11 is 0. The minimum atomic E-state index is 0.558. The summed E-state index contributed by atoms with van der Waals surface area (Å²) in [5.74, 6) is 3.01. The Morgan fingerprint density at radius 2 is 1.49 bits per heavy atom. The first-order chi connectivity index (χ1) is 17.3. The second-order valence-corrected chi connectivity index (χ2v) is 8.39. The number of morpholine rings is 1. The van der Waals surface area contributed by atoms with Crippen LogP contribution in [-0.2, 0) is 17.7 Å². The minimum absolute atomic E-state index is 0.558. The van der Waals surface area contributed by atoms with Crippen molar-refractivity contribution in [3.63, 3.8) is 0 Å². The van der Waals surface area contributed by atoms with Gasteiger partial charge in [-0.2, -0.15) is 0 Å². The second kappa shape index (κ2) is 9.59. The number of anilines is 4. The molecule has 4 aromatic rings. The van der Waals surface area contributed by atoms with Crippen LogP contribution in [0.1, 0.15) is 11.3 Å². The third-order valence-electron chi connectivity index (χ3n) is 6.15. The van der Waals surface area contributed by atoms with Crippen molar-refractivity contribution in [2.45, 2.75) is 13.0 Å². The highest BCUT2D eigenvalue weighted by molar-refractivity contribution is 5.65. The summed E-state index contributed by atoms with van der Waals surface area (Å²) in [5.41, 5.74) is 4.09. The van der Waals surface area contributed by atoms with Crippen LogP contribution >= 0.6 is 0 Å². The molecule has 2 aliphatic heterocycles. The Morgan fingerprint density at radius 1 is 0.771 bits per heavy atom. The largest absolute Gasteiger partial charge is 0.378 e. The maximum absolute atomic E-state index is 5.59. The first-order valence-electron chi connectivity index (χ1n) is 11.7. The van der Waals surface area contributed by atoms with Crippen molar-refractivity contribution in [3.05, 3.63) is 72.4 Å². The van der Waals surface area contributed by atoms with E-state index < -0.39 is 0 Å². The molecule has 35 heavy (non-hydrogen) atoms. The Morgan fingerprint density at radius 3 is 2.23 bits per heavy atom. The smallest absolute Gasteiger partial charge is 0.227 e. The lowest BCUT2D eigenvalue weighted by molar-refractivity contribution is 0.122. The Kier molecular flexibility index (Phi) is 5.85. The first kappa shape index (κ1) is 21.4. The SMILES string of the molecule is c1cnc(Nc2ccc(-c3nc4c(c(N5CCOCC5)n3)CCN(c3ncccn3)C4)cc2)nc1. The van der Waals surface area contributed by atoms with Gasteiger partial charge in [-0.25, -0.2) is 29.9 Å². The van der Waals surface area contributed by atoms with Crippen molar-refractivity contribution in [2.24, 2.45) is 0 Å². The normalized spacial score (nSPS) is 15.5. The summed E-state index contributed by atoms with van der Waals surface area (Å²) < 4.78 is 5.59. The zero-order valence-electron chi connectivity index (χ0n) is 19.2. The van der Waals surface area contributed by atoms with Crippen LogP contribution in [0.25, 0.3) is 11.4 Å². The standard InChI is InChI=1S/C25H25N9O/c1-8-26-24(27-9-1)30-19-5-3-18(4-6-19)22-31-21-17-34(25-28-10-2-11-29-25)12-7-20(21)23(32-22)33-13-15-35-16-14-33/h1-6,8-11H,7,12-17H2,(H,26,27,30). The molecule has 10 nitrogen and oxygen atoms in total. The Hall–Kier alpha value is -4.18. The fourth-order valence-corrected chi connectivity index (χ4v) is 4.40. The molecule has 1 aromatic carbocycles. The van der Waals surface area contributed by atoms with E-state index in [1.165, 1.54) is 5.56 Å². The molecule has 0 radical (unpaired) electrons. The van der Waals surface area contributed by atoms with E-state index in [4.69, 9.17) is 14.7 Å². The van der Waals surface area contributed by atoms with Gasteiger partial charge in [-0.1, -0.05) is 0 Å². The van der Waals surface area contributed by atoms with Crippen LogP contribution in [0, 0.1) is 0 Å². The van der Waals surface area contributed by atoms with Crippen LogP contribution < -0.4 is 15.1 Å². The van der Waals surface area contributed by atoms with Gasteiger partial charge < -0.3 is 19.9 Å². The topological polar surface area (TPSA) is 105 Å². The Bertz CT molecular complexity index is 1280.